The van der Waals surface area contributed by atoms with Gasteiger partial charge in [-0.3, -0.25) is 19.2 Å². The van der Waals surface area contributed by atoms with E-state index in [0.29, 0.717) is 50.1 Å². The lowest BCUT2D eigenvalue weighted by molar-refractivity contribution is -0.140. The van der Waals surface area contributed by atoms with Crippen molar-refractivity contribution in [3.63, 3.8) is 0 Å². The van der Waals surface area contributed by atoms with Crippen LogP contribution in [0.3, 0.4) is 0 Å². The maximum atomic E-state index is 14.0. The summed E-state index contributed by atoms with van der Waals surface area (Å²) in [5.74, 6) is -0.590. The highest BCUT2D eigenvalue weighted by Crippen LogP contribution is 2.48. The molecule has 1 fully saturated rings. The van der Waals surface area contributed by atoms with E-state index in [0.717, 1.165) is 16.7 Å². The fourth-order valence-corrected chi connectivity index (χ4v) is 6.58. The number of methoxy groups -OCH3 is 2. The van der Waals surface area contributed by atoms with Crippen LogP contribution in [0.2, 0.25) is 0 Å². The van der Waals surface area contributed by atoms with Crippen LogP contribution in [-0.4, -0.2) is 68.5 Å². The summed E-state index contributed by atoms with van der Waals surface area (Å²) in [5, 5.41) is 6.07. The fourth-order valence-electron chi connectivity index (χ4n) is 6.58. The van der Waals surface area contributed by atoms with Gasteiger partial charge >= 0.3 is 5.97 Å². The molecule has 2 aliphatic rings. The number of piperidine rings is 1. The number of rotatable bonds is 9. The largest absolute Gasteiger partial charge is 0.496 e. The van der Waals surface area contributed by atoms with Gasteiger partial charge in [0.2, 0.25) is 11.8 Å². The van der Waals surface area contributed by atoms with Gasteiger partial charge in [-0.15, -0.1) is 0 Å². The van der Waals surface area contributed by atoms with Crippen molar-refractivity contribution in [2.24, 2.45) is 0 Å². The first-order chi connectivity index (χ1) is 21.4. The van der Waals surface area contributed by atoms with E-state index in [1.165, 1.54) is 7.11 Å². The molecule has 2 atom stereocenters. The van der Waals surface area contributed by atoms with Crippen molar-refractivity contribution in [3.05, 3.63) is 101 Å². The summed E-state index contributed by atoms with van der Waals surface area (Å²) in [4.78, 5) is 54.5. The minimum Gasteiger partial charge on any atom is -0.496 e. The number of hydrogen-bond donors (Lipinski definition) is 2. The molecule has 9 nitrogen and oxygen atoms in total. The van der Waals surface area contributed by atoms with Crippen molar-refractivity contribution < 1.29 is 28.7 Å². The number of fused-ring (bicyclic) bond motifs is 1. The summed E-state index contributed by atoms with van der Waals surface area (Å²) < 4.78 is 10.1. The molecular weight excluding hydrogens is 590 g/mol. The van der Waals surface area contributed by atoms with Crippen LogP contribution in [0, 0.1) is 0 Å². The van der Waals surface area contributed by atoms with Gasteiger partial charge in [0, 0.05) is 25.7 Å². The van der Waals surface area contributed by atoms with Gasteiger partial charge in [-0.05, 0) is 54.5 Å². The molecule has 1 saturated heterocycles. The topological polar surface area (TPSA) is 114 Å². The zero-order chi connectivity index (χ0) is 31.1. The first-order valence-electron chi connectivity index (χ1n) is 15.1. The number of benzene rings is 3. The number of amides is 3. The lowest BCUT2D eigenvalue weighted by atomic mass is 9.62. The molecule has 3 amide bonds. The molecule has 1 heterocycles. The molecule has 0 radical (unpaired) electrons. The van der Waals surface area contributed by atoms with Crippen molar-refractivity contribution >= 4 is 37.2 Å². The van der Waals surface area contributed by atoms with Crippen molar-refractivity contribution in [2.75, 3.05) is 33.9 Å². The molecule has 2 N–H and O–H groups in total. The van der Waals surface area contributed by atoms with Crippen LogP contribution >= 0.6 is 13.5 Å². The number of esters is 1. The van der Waals surface area contributed by atoms with E-state index in [1.54, 1.807) is 25.3 Å². The van der Waals surface area contributed by atoms with E-state index in [-0.39, 0.29) is 56.1 Å². The first-order valence-corrected chi connectivity index (χ1v) is 15.1. The van der Waals surface area contributed by atoms with Gasteiger partial charge in [0.15, 0.2) is 0 Å². The third kappa shape index (κ3) is 7.01. The lowest BCUT2D eigenvalue weighted by Gasteiger charge is -2.42. The number of para-hydroxylation sites is 1. The molecule has 1 aliphatic heterocycles. The number of hydrogen-bond acceptors (Lipinski definition) is 6. The van der Waals surface area contributed by atoms with Crippen molar-refractivity contribution in [2.45, 2.75) is 49.5 Å². The highest BCUT2D eigenvalue weighted by Gasteiger charge is 2.48. The zero-order valence-electron chi connectivity index (χ0n) is 25.7. The van der Waals surface area contributed by atoms with E-state index in [4.69, 9.17) is 9.47 Å². The molecule has 1 aliphatic carbocycles. The summed E-state index contributed by atoms with van der Waals surface area (Å²) in [5.41, 5.74) is 2.00. The average Bonchev–Trinajstić information content (AvgIpc) is 3.08. The summed E-state index contributed by atoms with van der Waals surface area (Å²) in [6, 6.07) is 24.4. The van der Waals surface area contributed by atoms with Crippen LogP contribution in [0.25, 0.3) is 0 Å². The molecule has 10 heteroatoms. The van der Waals surface area contributed by atoms with Crippen LogP contribution in [0.4, 0.5) is 0 Å². The molecule has 238 valence electrons. The lowest BCUT2D eigenvalue weighted by Crippen LogP contribution is -2.51. The second kappa shape index (κ2) is 15.1. The van der Waals surface area contributed by atoms with E-state index < -0.39 is 11.4 Å². The van der Waals surface area contributed by atoms with E-state index >= 15 is 0 Å². The summed E-state index contributed by atoms with van der Waals surface area (Å²) in [7, 11) is 2.87. The Morgan fingerprint density at radius 3 is 2.24 bits per heavy atom. The van der Waals surface area contributed by atoms with Gasteiger partial charge in [0.1, 0.15) is 5.75 Å². The van der Waals surface area contributed by atoms with Gasteiger partial charge < -0.3 is 25.0 Å². The Kier molecular flexibility index (Phi) is 11.3. The van der Waals surface area contributed by atoms with Gasteiger partial charge in [0.05, 0.1) is 37.5 Å². The van der Waals surface area contributed by atoms with Crippen LogP contribution < -0.4 is 15.4 Å². The highest BCUT2D eigenvalue weighted by molar-refractivity contribution is 7.59. The predicted octanol–water partition coefficient (Wildman–Crippen LogP) is 4.07. The first kappa shape index (κ1) is 33.6. The van der Waals surface area contributed by atoms with Gasteiger partial charge in [0.25, 0.3) is 5.91 Å². The third-order valence-corrected chi connectivity index (χ3v) is 8.89. The van der Waals surface area contributed by atoms with Crippen molar-refractivity contribution in [1.29, 1.82) is 0 Å². The predicted molar refractivity (Wildman–Crippen MR) is 176 cm³/mol. The molecule has 0 spiro atoms. The number of nitrogens with one attached hydrogen (secondary N) is 2. The molecule has 3 aromatic carbocycles. The molecule has 3 aromatic rings. The Morgan fingerprint density at radius 2 is 1.53 bits per heavy atom. The fraction of sp³-hybridized carbons (Fsp3) is 0.371. The second-order valence-electron chi connectivity index (χ2n) is 11.3. The SMILES string of the molecule is COC(=O)CCNC(=O)[C@]1(c2ccccc2)CC[C@@H](C(=O)N2CCC(NC(=O)c3ccccc3OC)CC2)c2ccccc21.S. The maximum absolute atomic E-state index is 14.0. The molecule has 0 saturated carbocycles. The van der Waals surface area contributed by atoms with Crippen LogP contribution in [0.5, 0.6) is 5.75 Å². The summed E-state index contributed by atoms with van der Waals surface area (Å²) in [6.07, 6.45) is 2.32. The molecule has 0 unspecified atom stereocenters. The third-order valence-electron chi connectivity index (χ3n) is 8.89. The standard InChI is InChI=1S/C35H39N3O6.H2S/c1-43-30-15-9-7-13-28(30)32(40)37-25-18-22-38(23-19-25)33(41)27-16-20-35(24-10-4-3-5-11-24,29-14-8-6-12-26(27)29)34(42)36-21-17-31(39)44-2;/h3-15,25,27H,16-23H2,1-2H3,(H,36,42)(H,37,40);1H2/t27-,35+;/m1./s1. The number of nitrogens with zero attached hydrogens (tertiary/aromatic N) is 1. The second-order valence-corrected chi connectivity index (χ2v) is 11.3. The summed E-state index contributed by atoms with van der Waals surface area (Å²) >= 11 is 0. The van der Waals surface area contributed by atoms with Crippen LogP contribution in [0.1, 0.15) is 65.1 Å². The Morgan fingerprint density at radius 1 is 0.867 bits per heavy atom. The number of likely N-dealkylation sites (tertiary alicyclic amines) is 1. The monoisotopic (exact) mass is 631 g/mol. The van der Waals surface area contributed by atoms with E-state index in [1.807, 2.05) is 65.6 Å². The minimum atomic E-state index is -0.999. The normalized spacial score (nSPS) is 19.3. The maximum Gasteiger partial charge on any atom is 0.307 e. The minimum absolute atomic E-state index is 0. The molecule has 0 bridgehead atoms. The molecule has 45 heavy (non-hydrogen) atoms. The number of ether oxygens (including phenoxy) is 2. The van der Waals surface area contributed by atoms with Gasteiger partial charge in [-0.25, -0.2) is 0 Å². The van der Waals surface area contributed by atoms with Crippen LogP contribution in [-0.2, 0) is 24.5 Å². The Labute approximate surface area is 271 Å². The van der Waals surface area contributed by atoms with E-state index in [9.17, 15) is 19.2 Å². The van der Waals surface area contributed by atoms with E-state index in [2.05, 4.69) is 10.6 Å². The average molecular weight is 632 g/mol. The Hall–Kier alpha value is -4.31. The Balaban J connectivity index is 0.00000461. The van der Waals surface area contributed by atoms with Gasteiger partial charge in [-0.1, -0.05) is 66.7 Å². The highest BCUT2D eigenvalue weighted by atomic mass is 32.1. The molecular formula is C35H41N3O6S. The number of carbonyl (C=O) groups excluding carboxylic acids is 4. The smallest absolute Gasteiger partial charge is 0.307 e. The van der Waals surface area contributed by atoms with Crippen LogP contribution in [0.15, 0.2) is 78.9 Å². The zero-order valence-corrected chi connectivity index (χ0v) is 26.7. The van der Waals surface area contributed by atoms with Crippen molar-refractivity contribution in [1.82, 2.24) is 15.5 Å². The quantitative estimate of drug-likeness (QED) is 0.345. The summed E-state index contributed by atoms with van der Waals surface area (Å²) in [6.45, 7) is 1.23. The Bertz CT molecular complexity index is 1510. The molecule has 0 aromatic heterocycles. The number of carbonyl (C=O) groups is 4. The van der Waals surface area contributed by atoms with Gasteiger partial charge in [-0.2, -0.15) is 13.5 Å². The molecule has 5 rings (SSSR count). The van der Waals surface area contributed by atoms with Crippen molar-refractivity contribution in [3.8, 4) is 5.75 Å².